The molecular formula is C18H18FN3O2S2. The fourth-order valence-corrected chi connectivity index (χ4v) is 4.39. The number of halogens is 1. The van der Waals surface area contributed by atoms with Crippen LogP contribution in [0.15, 0.2) is 34.2 Å². The van der Waals surface area contributed by atoms with E-state index in [9.17, 15) is 14.0 Å². The molecule has 0 radical (unpaired) electrons. The average Bonchev–Trinajstić information content (AvgIpc) is 2.88. The zero-order valence-electron chi connectivity index (χ0n) is 14.8. The summed E-state index contributed by atoms with van der Waals surface area (Å²) in [4.78, 5) is 31.3. The third-order valence-corrected chi connectivity index (χ3v) is 6.38. The number of amides is 1. The summed E-state index contributed by atoms with van der Waals surface area (Å²) in [5, 5.41) is 3.39. The largest absolute Gasteiger partial charge is 0.325 e. The molecule has 1 aromatic carbocycles. The van der Waals surface area contributed by atoms with Gasteiger partial charge in [0.1, 0.15) is 10.6 Å². The summed E-state index contributed by atoms with van der Waals surface area (Å²) < 4.78 is 14.4. The molecule has 136 valence electrons. The lowest BCUT2D eigenvalue weighted by atomic mass is 10.2. The fraction of sp³-hybridized carbons (Fsp3) is 0.278. The lowest BCUT2D eigenvalue weighted by molar-refractivity contribution is -0.115. The number of thiophene rings is 1. The van der Waals surface area contributed by atoms with Crippen molar-refractivity contribution in [3.8, 4) is 0 Å². The van der Waals surface area contributed by atoms with Crippen LogP contribution in [0.25, 0.3) is 10.2 Å². The number of hydrogen-bond acceptors (Lipinski definition) is 5. The van der Waals surface area contributed by atoms with Gasteiger partial charge in [-0.25, -0.2) is 9.37 Å². The summed E-state index contributed by atoms with van der Waals surface area (Å²) in [7, 11) is 1.66. The molecule has 26 heavy (non-hydrogen) atoms. The van der Waals surface area contributed by atoms with E-state index in [1.165, 1.54) is 51.9 Å². The van der Waals surface area contributed by atoms with Crippen molar-refractivity contribution in [2.75, 3.05) is 5.32 Å². The molecule has 0 saturated heterocycles. The number of aromatic nitrogens is 2. The molecule has 0 bridgehead atoms. The molecule has 1 N–H and O–H groups in total. The van der Waals surface area contributed by atoms with E-state index in [0.29, 0.717) is 21.1 Å². The lowest BCUT2D eigenvalue weighted by Crippen LogP contribution is -2.25. The van der Waals surface area contributed by atoms with Gasteiger partial charge < -0.3 is 5.32 Å². The van der Waals surface area contributed by atoms with Crippen molar-refractivity contribution >= 4 is 44.9 Å². The molecule has 3 rings (SSSR count). The van der Waals surface area contributed by atoms with Crippen LogP contribution in [0.5, 0.6) is 0 Å². The van der Waals surface area contributed by atoms with Crippen LogP contribution in [0.2, 0.25) is 0 Å². The van der Waals surface area contributed by atoms with Crippen LogP contribution in [0, 0.1) is 19.7 Å². The molecule has 0 aliphatic rings. The number of aryl methyl sites for hydroxylation is 2. The number of nitrogens with one attached hydrogen (secondary N) is 1. The Morgan fingerprint density at radius 2 is 1.96 bits per heavy atom. The number of nitrogens with zero attached hydrogens (tertiary/aromatic N) is 2. The molecule has 5 nitrogen and oxygen atoms in total. The number of anilines is 1. The highest BCUT2D eigenvalue weighted by Crippen LogP contribution is 2.29. The van der Waals surface area contributed by atoms with Gasteiger partial charge in [-0.2, -0.15) is 0 Å². The Labute approximate surface area is 158 Å². The van der Waals surface area contributed by atoms with Gasteiger partial charge in [-0.05, 0) is 50.6 Å². The van der Waals surface area contributed by atoms with Crippen LogP contribution in [0.3, 0.4) is 0 Å². The number of benzene rings is 1. The van der Waals surface area contributed by atoms with Crippen LogP contribution < -0.4 is 10.9 Å². The van der Waals surface area contributed by atoms with Gasteiger partial charge in [0.25, 0.3) is 5.56 Å². The SMILES string of the molecule is Cc1sc2nc(SC(C)C(=O)Nc3ccc(F)cc3)n(C)c(=O)c2c1C. The Morgan fingerprint density at radius 3 is 2.62 bits per heavy atom. The van der Waals surface area contributed by atoms with Crippen LogP contribution in [0.1, 0.15) is 17.4 Å². The minimum Gasteiger partial charge on any atom is -0.325 e. The Balaban J connectivity index is 1.83. The van der Waals surface area contributed by atoms with Crippen molar-refractivity contribution in [1.29, 1.82) is 0 Å². The maximum absolute atomic E-state index is 13.0. The van der Waals surface area contributed by atoms with Crippen molar-refractivity contribution in [1.82, 2.24) is 9.55 Å². The first-order chi connectivity index (χ1) is 12.3. The van der Waals surface area contributed by atoms with Crippen LogP contribution in [0.4, 0.5) is 10.1 Å². The molecule has 0 spiro atoms. The average molecular weight is 391 g/mol. The molecule has 1 unspecified atom stereocenters. The molecule has 2 aromatic heterocycles. The van der Waals surface area contributed by atoms with Crippen molar-refractivity contribution < 1.29 is 9.18 Å². The number of carbonyl (C=O) groups is 1. The van der Waals surface area contributed by atoms with E-state index in [2.05, 4.69) is 10.3 Å². The number of hydrogen-bond donors (Lipinski definition) is 1. The molecule has 8 heteroatoms. The second kappa shape index (κ2) is 7.20. The zero-order valence-corrected chi connectivity index (χ0v) is 16.4. The summed E-state index contributed by atoms with van der Waals surface area (Å²) in [6, 6.07) is 5.58. The minimum atomic E-state index is -0.474. The van der Waals surface area contributed by atoms with Crippen LogP contribution >= 0.6 is 23.1 Å². The molecule has 0 aliphatic carbocycles. The smallest absolute Gasteiger partial charge is 0.262 e. The Morgan fingerprint density at radius 1 is 1.31 bits per heavy atom. The summed E-state index contributed by atoms with van der Waals surface area (Å²) in [6.07, 6.45) is 0. The predicted octanol–water partition coefficient (Wildman–Crippen LogP) is 3.87. The Bertz CT molecular complexity index is 1040. The van der Waals surface area contributed by atoms with E-state index >= 15 is 0 Å². The number of fused-ring (bicyclic) bond motifs is 1. The monoisotopic (exact) mass is 391 g/mol. The van der Waals surface area contributed by atoms with Gasteiger partial charge in [-0.3, -0.25) is 14.2 Å². The molecular weight excluding hydrogens is 373 g/mol. The quantitative estimate of drug-likeness (QED) is 0.542. The number of thioether (sulfide) groups is 1. The minimum absolute atomic E-state index is 0.106. The third-order valence-electron chi connectivity index (χ3n) is 4.13. The standard InChI is InChI=1S/C18H18FN3O2S2/c1-9-10(2)25-16-14(9)17(24)22(4)18(21-16)26-11(3)15(23)20-13-7-5-12(19)6-8-13/h5-8,11H,1-4H3,(H,20,23). The molecule has 0 fully saturated rings. The first-order valence-electron chi connectivity index (χ1n) is 7.97. The normalized spacial score (nSPS) is 12.3. The summed E-state index contributed by atoms with van der Waals surface area (Å²) in [5.41, 5.74) is 1.37. The van der Waals surface area contributed by atoms with Gasteiger partial charge in [0, 0.05) is 17.6 Å². The highest BCUT2D eigenvalue weighted by Gasteiger charge is 2.20. The molecule has 2 heterocycles. The fourth-order valence-electron chi connectivity index (χ4n) is 2.45. The van der Waals surface area contributed by atoms with Crippen molar-refractivity contribution in [2.24, 2.45) is 7.05 Å². The topological polar surface area (TPSA) is 64.0 Å². The molecule has 1 amide bonds. The van der Waals surface area contributed by atoms with E-state index in [0.717, 1.165) is 10.4 Å². The van der Waals surface area contributed by atoms with Gasteiger partial charge in [0.2, 0.25) is 5.91 Å². The summed E-state index contributed by atoms with van der Waals surface area (Å²) in [6.45, 7) is 5.63. The number of rotatable bonds is 4. The van der Waals surface area contributed by atoms with Crippen molar-refractivity contribution in [2.45, 2.75) is 31.2 Å². The van der Waals surface area contributed by atoms with E-state index < -0.39 is 5.25 Å². The van der Waals surface area contributed by atoms with E-state index in [1.807, 2.05) is 13.8 Å². The highest BCUT2D eigenvalue weighted by atomic mass is 32.2. The first-order valence-corrected chi connectivity index (χ1v) is 9.67. The molecule has 3 aromatic rings. The van der Waals surface area contributed by atoms with Gasteiger partial charge in [0.15, 0.2) is 5.16 Å². The van der Waals surface area contributed by atoms with Gasteiger partial charge >= 0.3 is 0 Å². The zero-order chi connectivity index (χ0) is 19.0. The Hall–Kier alpha value is -2.19. The van der Waals surface area contributed by atoms with Gasteiger partial charge in [-0.1, -0.05) is 11.8 Å². The lowest BCUT2D eigenvalue weighted by Gasteiger charge is -2.13. The molecule has 0 saturated carbocycles. The van der Waals surface area contributed by atoms with E-state index in [-0.39, 0.29) is 17.3 Å². The second-order valence-corrected chi connectivity index (χ2v) is 8.49. The van der Waals surface area contributed by atoms with Crippen molar-refractivity contribution in [3.05, 3.63) is 50.9 Å². The molecule has 1 atom stereocenters. The van der Waals surface area contributed by atoms with Gasteiger partial charge in [0.05, 0.1) is 10.6 Å². The third kappa shape index (κ3) is 3.52. The highest BCUT2D eigenvalue weighted by molar-refractivity contribution is 8.00. The Kier molecular flexibility index (Phi) is 5.15. The predicted molar refractivity (Wildman–Crippen MR) is 105 cm³/mol. The second-order valence-electron chi connectivity index (χ2n) is 5.98. The van der Waals surface area contributed by atoms with E-state index in [1.54, 1.807) is 14.0 Å². The summed E-state index contributed by atoms with van der Waals surface area (Å²) >= 11 is 2.70. The van der Waals surface area contributed by atoms with Crippen LogP contribution in [-0.2, 0) is 11.8 Å². The maximum Gasteiger partial charge on any atom is 0.262 e. The van der Waals surface area contributed by atoms with Gasteiger partial charge in [-0.15, -0.1) is 11.3 Å². The van der Waals surface area contributed by atoms with Crippen LogP contribution in [-0.4, -0.2) is 20.7 Å². The van der Waals surface area contributed by atoms with E-state index in [4.69, 9.17) is 0 Å². The molecule has 0 aliphatic heterocycles. The first kappa shape index (κ1) is 18.6. The van der Waals surface area contributed by atoms with Crippen molar-refractivity contribution in [3.63, 3.8) is 0 Å². The number of carbonyl (C=O) groups excluding carboxylic acids is 1. The summed E-state index contributed by atoms with van der Waals surface area (Å²) in [5.74, 6) is -0.603. The maximum atomic E-state index is 13.0.